The molecule has 2 atom stereocenters. The average Bonchev–Trinajstić information content (AvgIpc) is 3.37. The van der Waals surface area contributed by atoms with Gasteiger partial charge in [0.15, 0.2) is 5.78 Å². The lowest BCUT2D eigenvalue weighted by Crippen LogP contribution is -2.40. The Bertz CT molecular complexity index is 534. The fourth-order valence-corrected chi connectivity index (χ4v) is 2.56. The highest BCUT2D eigenvalue weighted by Gasteiger charge is 2.30. The van der Waals surface area contributed by atoms with E-state index in [0.29, 0.717) is 24.1 Å². The minimum absolute atomic E-state index is 0.0272. The molecule has 2 unspecified atom stereocenters. The molecule has 1 aliphatic carbocycles. The number of benzene rings is 1. The molecule has 0 radical (unpaired) electrons. The maximum Gasteiger partial charge on any atom is 0.307 e. The number of hydrogen-bond donors (Lipinski definition) is 1. The summed E-state index contributed by atoms with van der Waals surface area (Å²) in [4.78, 5) is 24.5. The fourth-order valence-electron chi connectivity index (χ4n) is 2.56. The molecule has 2 rings (SSSR count). The second-order valence-electron chi connectivity index (χ2n) is 6.30. The number of rotatable bonds is 9. The first-order valence-corrected chi connectivity index (χ1v) is 8.61. The third-order valence-electron chi connectivity index (χ3n) is 4.38. The van der Waals surface area contributed by atoms with Crippen molar-refractivity contribution in [1.82, 2.24) is 5.32 Å². The van der Waals surface area contributed by atoms with Crippen LogP contribution >= 0.6 is 0 Å². The molecule has 0 heterocycles. The first kappa shape index (κ1) is 17.7. The number of Topliss-reactive ketones (excluding diaryl/α,β-unsaturated/α-hetero) is 1. The molecule has 1 saturated carbocycles. The van der Waals surface area contributed by atoms with Crippen molar-refractivity contribution in [1.29, 1.82) is 0 Å². The zero-order valence-electron chi connectivity index (χ0n) is 14.3. The minimum atomic E-state index is -0.490. The van der Waals surface area contributed by atoms with E-state index in [4.69, 9.17) is 4.74 Å². The Balaban J connectivity index is 2.07. The molecule has 0 saturated heterocycles. The molecule has 0 amide bonds. The molecule has 0 bridgehead atoms. The van der Waals surface area contributed by atoms with Gasteiger partial charge in [-0.3, -0.25) is 9.59 Å². The Morgan fingerprint density at radius 3 is 2.39 bits per heavy atom. The van der Waals surface area contributed by atoms with E-state index in [1.807, 2.05) is 24.3 Å². The van der Waals surface area contributed by atoms with Crippen LogP contribution in [-0.2, 0) is 9.53 Å². The van der Waals surface area contributed by atoms with E-state index in [1.54, 1.807) is 6.92 Å². The van der Waals surface area contributed by atoms with Crippen molar-refractivity contribution in [2.24, 2.45) is 0 Å². The van der Waals surface area contributed by atoms with Gasteiger partial charge in [0.25, 0.3) is 0 Å². The van der Waals surface area contributed by atoms with E-state index < -0.39 is 6.04 Å². The molecule has 1 fully saturated rings. The monoisotopic (exact) mass is 317 g/mol. The van der Waals surface area contributed by atoms with E-state index in [2.05, 4.69) is 19.2 Å². The normalized spacial score (nSPS) is 16.7. The zero-order chi connectivity index (χ0) is 16.8. The van der Waals surface area contributed by atoms with Gasteiger partial charge in [0.05, 0.1) is 19.1 Å². The molecule has 1 aliphatic rings. The van der Waals surface area contributed by atoms with Gasteiger partial charge in [0.1, 0.15) is 0 Å². The summed E-state index contributed by atoms with van der Waals surface area (Å²) in [5.41, 5.74) is 1.89. The number of ketones is 1. The van der Waals surface area contributed by atoms with Crippen LogP contribution in [0.3, 0.4) is 0 Å². The van der Waals surface area contributed by atoms with Gasteiger partial charge in [-0.25, -0.2) is 0 Å². The highest BCUT2D eigenvalue weighted by atomic mass is 16.5. The van der Waals surface area contributed by atoms with Gasteiger partial charge in [-0.15, -0.1) is 0 Å². The van der Waals surface area contributed by atoms with Gasteiger partial charge in [-0.2, -0.15) is 0 Å². The zero-order valence-corrected chi connectivity index (χ0v) is 14.3. The SMILES string of the molecule is CCOC(=O)CC(NC1CC1)C(=O)c1ccc(C(C)CC)cc1. The number of carbonyl (C=O) groups is 2. The summed E-state index contributed by atoms with van der Waals surface area (Å²) in [6.45, 7) is 6.44. The predicted octanol–water partition coefficient (Wildman–Crippen LogP) is 3.46. The second-order valence-corrected chi connectivity index (χ2v) is 6.30. The highest BCUT2D eigenvalue weighted by Crippen LogP contribution is 2.23. The third-order valence-corrected chi connectivity index (χ3v) is 4.38. The Labute approximate surface area is 138 Å². The number of hydrogen-bond acceptors (Lipinski definition) is 4. The summed E-state index contributed by atoms with van der Waals surface area (Å²) in [5, 5.41) is 3.28. The molecule has 126 valence electrons. The lowest BCUT2D eigenvalue weighted by Gasteiger charge is -2.17. The number of carbonyl (C=O) groups excluding carboxylic acids is 2. The molecule has 1 aromatic carbocycles. The molecule has 0 aliphatic heterocycles. The van der Waals surface area contributed by atoms with Crippen LogP contribution in [0.2, 0.25) is 0 Å². The molecular formula is C19H27NO3. The Morgan fingerprint density at radius 1 is 1.22 bits per heavy atom. The lowest BCUT2D eigenvalue weighted by molar-refractivity contribution is -0.143. The second kappa shape index (κ2) is 8.25. The van der Waals surface area contributed by atoms with E-state index in [-0.39, 0.29) is 18.2 Å². The summed E-state index contributed by atoms with van der Waals surface area (Å²) in [5.74, 6) is 0.134. The first-order valence-electron chi connectivity index (χ1n) is 8.61. The van der Waals surface area contributed by atoms with Gasteiger partial charge in [-0.05, 0) is 37.7 Å². The van der Waals surface area contributed by atoms with Crippen LogP contribution in [0.1, 0.15) is 68.3 Å². The Kier molecular flexibility index (Phi) is 6.34. The summed E-state index contributed by atoms with van der Waals surface area (Å²) in [6, 6.07) is 7.64. The summed E-state index contributed by atoms with van der Waals surface area (Å²) < 4.78 is 4.99. The van der Waals surface area contributed by atoms with Crippen LogP contribution in [0.15, 0.2) is 24.3 Å². The molecule has 0 spiro atoms. The van der Waals surface area contributed by atoms with Gasteiger partial charge >= 0.3 is 5.97 Å². The van der Waals surface area contributed by atoms with E-state index in [0.717, 1.165) is 19.3 Å². The number of ether oxygens (including phenoxy) is 1. The van der Waals surface area contributed by atoms with Crippen molar-refractivity contribution >= 4 is 11.8 Å². The van der Waals surface area contributed by atoms with Gasteiger partial charge in [0, 0.05) is 11.6 Å². The van der Waals surface area contributed by atoms with Crippen LogP contribution in [0, 0.1) is 0 Å². The fraction of sp³-hybridized carbons (Fsp3) is 0.579. The van der Waals surface area contributed by atoms with Gasteiger partial charge in [-0.1, -0.05) is 38.1 Å². The van der Waals surface area contributed by atoms with Crippen molar-refractivity contribution in [3.05, 3.63) is 35.4 Å². The molecule has 4 nitrogen and oxygen atoms in total. The Hall–Kier alpha value is -1.68. The van der Waals surface area contributed by atoms with E-state index in [9.17, 15) is 9.59 Å². The van der Waals surface area contributed by atoms with Crippen molar-refractivity contribution in [3.63, 3.8) is 0 Å². The smallest absolute Gasteiger partial charge is 0.307 e. The molecule has 1 N–H and O–H groups in total. The Morgan fingerprint density at radius 2 is 1.87 bits per heavy atom. The molecule has 1 aromatic rings. The van der Waals surface area contributed by atoms with Crippen LogP contribution < -0.4 is 5.32 Å². The third kappa shape index (κ3) is 5.17. The predicted molar refractivity (Wildman–Crippen MR) is 90.7 cm³/mol. The van der Waals surface area contributed by atoms with Crippen molar-refractivity contribution in [3.8, 4) is 0 Å². The summed E-state index contributed by atoms with van der Waals surface area (Å²) in [6.07, 6.45) is 3.30. The van der Waals surface area contributed by atoms with Crippen LogP contribution in [0.5, 0.6) is 0 Å². The summed E-state index contributed by atoms with van der Waals surface area (Å²) >= 11 is 0. The molecular weight excluding hydrogens is 290 g/mol. The van der Waals surface area contributed by atoms with Crippen molar-refractivity contribution in [2.45, 2.75) is 64.5 Å². The van der Waals surface area contributed by atoms with E-state index in [1.165, 1.54) is 5.56 Å². The summed E-state index contributed by atoms with van der Waals surface area (Å²) in [7, 11) is 0. The van der Waals surface area contributed by atoms with Gasteiger partial charge < -0.3 is 10.1 Å². The maximum atomic E-state index is 12.7. The average molecular weight is 317 g/mol. The maximum absolute atomic E-state index is 12.7. The van der Waals surface area contributed by atoms with Crippen molar-refractivity contribution < 1.29 is 14.3 Å². The topological polar surface area (TPSA) is 55.4 Å². The molecule has 4 heteroatoms. The highest BCUT2D eigenvalue weighted by molar-refractivity contribution is 6.01. The standard InChI is InChI=1S/C19H27NO3/c1-4-13(3)14-6-8-15(9-7-14)19(22)17(20-16-10-11-16)12-18(21)23-5-2/h6-9,13,16-17,20H,4-5,10-12H2,1-3H3. The van der Waals surface area contributed by atoms with Crippen molar-refractivity contribution in [2.75, 3.05) is 6.61 Å². The minimum Gasteiger partial charge on any atom is -0.466 e. The van der Waals surface area contributed by atoms with Crippen LogP contribution in [-0.4, -0.2) is 30.4 Å². The number of nitrogens with one attached hydrogen (secondary N) is 1. The lowest BCUT2D eigenvalue weighted by atomic mass is 9.95. The first-order chi connectivity index (χ1) is 11.0. The van der Waals surface area contributed by atoms with Gasteiger partial charge in [0.2, 0.25) is 0 Å². The quantitative estimate of drug-likeness (QED) is 0.560. The van der Waals surface area contributed by atoms with Crippen LogP contribution in [0.4, 0.5) is 0 Å². The molecule has 23 heavy (non-hydrogen) atoms. The largest absolute Gasteiger partial charge is 0.466 e. The number of esters is 1. The van der Waals surface area contributed by atoms with Crippen LogP contribution in [0.25, 0.3) is 0 Å². The van der Waals surface area contributed by atoms with E-state index >= 15 is 0 Å². The molecule has 0 aromatic heterocycles.